The predicted molar refractivity (Wildman–Crippen MR) is 59.8 cm³/mol. The van der Waals surface area contributed by atoms with Crippen molar-refractivity contribution < 1.29 is 0 Å². The van der Waals surface area contributed by atoms with Gasteiger partial charge in [0.1, 0.15) is 5.15 Å². The molecule has 5 nitrogen and oxygen atoms in total. The van der Waals surface area contributed by atoms with E-state index in [-0.39, 0.29) is 5.69 Å². The van der Waals surface area contributed by atoms with E-state index in [9.17, 15) is 4.79 Å². The minimum absolute atomic E-state index is 0.206. The van der Waals surface area contributed by atoms with Crippen LogP contribution in [-0.2, 0) is 6.54 Å². The Bertz CT molecular complexity index is 517. The average molecular weight is 263 g/mol. The van der Waals surface area contributed by atoms with E-state index < -0.39 is 0 Å². The molecule has 0 saturated heterocycles. The standard InChI is InChI=1S/C7H7ClN4OS2/c1-2-12-5(13)10-11-6(12)15-7-9-4(8)3-14-7/h3H,2H2,1H3,(H,10,13). The maximum absolute atomic E-state index is 11.3. The molecule has 1 N–H and O–H groups in total. The summed E-state index contributed by atoms with van der Waals surface area (Å²) >= 11 is 8.44. The van der Waals surface area contributed by atoms with Gasteiger partial charge < -0.3 is 0 Å². The summed E-state index contributed by atoms with van der Waals surface area (Å²) in [6.07, 6.45) is 0. The minimum atomic E-state index is -0.206. The lowest BCUT2D eigenvalue weighted by molar-refractivity contribution is 0.660. The third kappa shape index (κ3) is 2.24. The Morgan fingerprint density at radius 2 is 2.53 bits per heavy atom. The summed E-state index contributed by atoms with van der Waals surface area (Å²) in [5.41, 5.74) is -0.206. The van der Waals surface area contributed by atoms with E-state index in [0.717, 1.165) is 4.34 Å². The molecule has 8 heteroatoms. The largest absolute Gasteiger partial charge is 0.343 e. The van der Waals surface area contributed by atoms with Gasteiger partial charge in [0.05, 0.1) is 0 Å². The molecule has 0 atom stereocenters. The van der Waals surface area contributed by atoms with Gasteiger partial charge in [-0.15, -0.1) is 16.4 Å². The number of nitrogens with one attached hydrogen (secondary N) is 1. The zero-order chi connectivity index (χ0) is 10.8. The van der Waals surface area contributed by atoms with Crippen molar-refractivity contribution in [1.82, 2.24) is 19.7 Å². The second kappa shape index (κ2) is 4.38. The van der Waals surface area contributed by atoms with Crippen LogP contribution in [0, 0.1) is 0 Å². The van der Waals surface area contributed by atoms with Gasteiger partial charge in [0.25, 0.3) is 0 Å². The number of nitrogens with zero attached hydrogens (tertiary/aromatic N) is 3. The molecular weight excluding hydrogens is 256 g/mol. The maximum atomic E-state index is 11.3. The van der Waals surface area contributed by atoms with Gasteiger partial charge in [-0.25, -0.2) is 14.9 Å². The van der Waals surface area contributed by atoms with Gasteiger partial charge in [0.15, 0.2) is 9.50 Å². The first-order valence-electron chi connectivity index (χ1n) is 4.14. The third-order valence-corrected chi connectivity index (χ3v) is 3.93. The van der Waals surface area contributed by atoms with Crippen LogP contribution in [0.25, 0.3) is 0 Å². The van der Waals surface area contributed by atoms with Crippen LogP contribution in [0.15, 0.2) is 19.7 Å². The van der Waals surface area contributed by atoms with E-state index in [1.807, 2.05) is 6.92 Å². The molecule has 2 aromatic heterocycles. The Hall–Kier alpha value is -0.790. The quantitative estimate of drug-likeness (QED) is 0.917. The van der Waals surface area contributed by atoms with Gasteiger partial charge >= 0.3 is 5.69 Å². The third-order valence-electron chi connectivity index (χ3n) is 1.67. The predicted octanol–water partition coefficient (Wildman–Crippen LogP) is 1.85. The fourth-order valence-corrected chi connectivity index (χ4v) is 3.02. The lowest BCUT2D eigenvalue weighted by Crippen LogP contribution is -2.15. The average Bonchev–Trinajstić information content (AvgIpc) is 2.75. The monoisotopic (exact) mass is 262 g/mol. The molecule has 0 bridgehead atoms. The van der Waals surface area contributed by atoms with E-state index in [0.29, 0.717) is 16.9 Å². The highest BCUT2D eigenvalue weighted by atomic mass is 35.5. The van der Waals surface area contributed by atoms with Gasteiger partial charge in [-0.2, -0.15) is 0 Å². The maximum Gasteiger partial charge on any atom is 0.343 e. The van der Waals surface area contributed by atoms with Crippen molar-refractivity contribution in [2.24, 2.45) is 0 Å². The van der Waals surface area contributed by atoms with Crippen molar-refractivity contribution in [3.05, 3.63) is 21.0 Å². The van der Waals surface area contributed by atoms with Crippen LogP contribution in [0.2, 0.25) is 5.15 Å². The summed E-state index contributed by atoms with van der Waals surface area (Å²) in [5.74, 6) is 0. The van der Waals surface area contributed by atoms with Gasteiger partial charge in [-0.3, -0.25) is 4.57 Å². The molecule has 0 aliphatic heterocycles. The molecule has 0 unspecified atom stereocenters. The zero-order valence-corrected chi connectivity index (χ0v) is 10.1. The fraction of sp³-hybridized carbons (Fsp3) is 0.286. The summed E-state index contributed by atoms with van der Waals surface area (Å²) in [6, 6.07) is 0. The van der Waals surface area contributed by atoms with Gasteiger partial charge in [-0.1, -0.05) is 11.6 Å². The molecule has 0 radical (unpaired) electrons. The summed E-state index contributed by atoms with van der Waals surface area (Å²) in [5, 5.41) is 9.11. The number of halogens is 1. The number of rotatable bonds is 3. The van der Waals surface area contributed by atoms with E-state index in [1.165, 1.54) is 23.1 Å². The number of hydrogen-bond acceptors (Lipinski definition) is 5. The molecule has 2 aromatic rings. The van der Waals surface area contributed by atoms with Crippen molar-refractivity contribution in [1.29, 1.82) is 0 Å². The summed E-state index contributed by atoms with van der Waals surface area (Å²) in [7, 11) is 0. The summed E-state index contributed by atoms with van der Waals surface area (Å²) in [4.78, 5) is 15.3. The summed E-state index contributed by atoms with van der Waals surface area (Å²) in [6.45, 7) is 2.46. The molecule has 0 spiro atoms. The van der Waals surface area contributed by atoms with Crippen LogP contribution in [-0.4, -0.2) is 19.7 Å². The first-order chi connectivity index (χ1) is 7.20. The van der Waals surface area contributed by atoms with E-state index in [2.05, 4.69) is 15.2 Å². The first-order valence-corrected chi connectivity index (χ1v) is 6.22. The van der Waals surface area contributed by atoms with Crippen molar-refractivity contribution >= 4 is 34.7 Å². The Morgan fingerprint density at radius 3 is 3.13 bits per heavy atom. The SMILES string of the molecule is CCn1c(Sc2nc(Cl)cs2)n[nH]c1=O. The Balaban J connectivity index is 2.28. The number of aromatic nitrogens is 4. The number of thiazole rings is 1. The first kappa shape index (κ1) is 10.7. The molecule has 2 rings (SSSR count). The van der Waals surface area contributed by atoms with Gasteiger partial charge in [0.2, 0.25) is 0 Å². The fourth-order valence-electron chi connectivity index (χ4n) is 1.02. The minimum Gasteiger partial charge on any atom is -0.270 e. The van der Waals surface area contributed by atoms with Crippen LogP contribution in [0.3, 0.4) is 0 Å². The molecule has 0 fully saturated rings. The van der Waals surface area contributed by atoms with Crippen LogP contribution in [0.1, 0.15) is 6.92 Å². The zero-order valence-electron chi connectivity index (χ0n) is 7.73. The smallest absolute Gasteiger partial charge is 0.270 e. The van der Waals surface area contributed by atoms with Crippen LogP contribution in [0.4, 0.5) is 0 Å². The van der Waals surface area contributed by atoms with Crippen LogP contribution < -0.4 is 5.69 Å². The molecule has 0 aromatic carbocycles. The molecule has 0 saturated carbocycles. The van der Waals surface area contributed by atoms with Crippen molar-refractivity contribution in [2.45, 2.75) is 23.0 Å². The van der Waals surface area contributed by atoms with Gasteiger partial charge in [0, 0.05) is 11.9 Å². The second-order valence-corrected chi connectivity index (χ2v) is 5.05. The van der Waals surface area contributed by atoms with E-state index in [4.69, 9.17) is 11.6 Å². The molecular formula is C7H7ClN4OS2. The van der Waals surface area contributed by atoms with Gasteiger partial charge in [-0.05, 0) is 18.7 Å². The highest BCUT2D eigenvalue weighted by Gasteiger charge is 2.10. The normalized spacial score (nSPS) is 10.8. The highest BCUT2D eigenvalue weighted by molar-refractivity contribution is 8.00. The molecule has 15 heavy (non-hydrogen) atoms. The molecule has 2 heterocycles. The van der Waals surface area contributed by atoms with Crippen molar-refractivity contribution in [3.8, 4) is 0 Å². The lowest BCUT2D eigenvalue weighted by Gasteiger charge is -1.97. The Morgan fingerprint density at radius 1 is 1.73 bits per heavy atom. The van der Waals surface area contributed by atoms with Crippen molar-refractivity contribution in [2.75, 3.05) is 0 Å². The summed E-state index contributed by atoms with van der Waals surface area (Å²) < 4.78 is 2.31. The lowest BCUT2D eigenvalue weighted by atomic mass is 10.7. The van der Waals surface area contributed by atoms with Crippen LogP contribution in [0.5, 0.6) is 0 Å². The molecule has 0 aliphatic rings. The Labute approximate surface area is 98.5 Å². The number of hydrogen-bond donors (Lipinski definition) is 1. The topological polar surface area (TPSA) is 63.6 Å². The van der Waals surface area contributed by atoms with Crippen molar-refractivity contribution in [3.63, 3.8) is 0 Å². The Kier molecular flexibility index (Phi) is 3.13. The molecule has 0 amide bonds. The van der Waals surface area contributed by atoms with E-state index in [1.54, 1.807) is 9.95 Å². The van der Waals surface area contributed by atoms with E-state index >= 15 is 0 Å². The molecule has 0 aliphatic carbocycles. The van der Waals surface area contributed by atoms with Crippen LogP contribution >= 0.6 is 34.7 Å². The second-order valence-electron chi connectivity index (χ2n) is 2.59. The number of H-pyrrole nitrogens is 1. The number of aromatic amines is 1. The highest BCUT2D eigenvalue weighted by Crippen LogP contribution is 2.29. The molecule has 80 valence electrons.